The second-order valence-electron chi connectivity index (χ2n) is 6.02. The minimum atomic E-state index is -0.679. The summed E-state index contributed by atoms with van der Waals surface area (Å²) in [4.78, 5) is 41.1. The maximum atomic E-state index is 12.3. The molecule has 26 heavy (non-hydrogen) atoms. The average Bonchev–Trinajstić information content (AvgIpc) is 3.22. The number of ether oxygens (including phenoxy) is 1. The van der Waals surface area contributed by atoms with Crippen LogP contribution >= 0.6 is 0 Å². The highest BCUT2D eigenvalue weighted by atomic mass is 16.6. The van der Waals surface area contributed by atoms with Crippen molar-refractivity contribution in [2.24, 2.45) is 0 Å². The monoisotopic (exact) mass is 357 g/mol. The van der Waals surface area contributed by atoms with Crippen molar-refractivity contribution in [2.75, 3.05) is 4.90 Å². The molecular formula is C18H19N3O5. The van der Waals surface area contributed by atoms with Crippen LogP contribution in [0.2, 0.25) is 0 Å². The molecular weight excluding hydrogens is 338 g/mol. The number of anilines is 1. The first-order valence-electron chi connectivity index (χ1n) is 8.49. The fourth-order valence-electron chi connectivity index (χ4n) is 2.65. The third kappa shape index (κ3) is 3.63. The van der Waals surface area contributed by atoms with E-state index < -0.39 is 12.1 Å². The van der Waals surface area contributed by atoms with Crippen molar-refractivity contribution in [3.05, 3.63) is 41.5 Å². The predicted octanol–water partition coefficient (Wildman–Crippen LogP) is 2.59. The number of hydrogen-bond donors (Lipinski definition) is 0. The van der Waals surface area contributed by atoms with Crippen LogP contribution in [0.15, 0.2) is 28.8 Å². The molecule has 0 aliphatic carbocycles. The highest BCUT2D eigenvalue weighted by Gasteiger charge is 2.30. The normalized spacial score (nSPS) is 15.4. The van der Waals surface area contributed by atoms with Crippen LogP contribution in [0.3, 0.4) is 0 Å². The number of benzene rings is 1. The second kappa shape index (κ2) is 7.47. The SMILES string of the molecule is CCCc1noc(C(C)OC(=O)c2ccc(N3C(=O)CCC3=O)cc2)n1. The molecule has 3 rings (SSSR count). The molecule has 2 aromatic rings. The van der Waals surface area contributed by atoms with Crippen LogP contribution in [0.4, 0.5) is 5.69 Å². The third-order valence-corrected chi connectivity index (χ3v) is 4.00. The van der Waals surface area contributed by atoms with Crippen LogP contribution in [0, 0.1) is 0 Å². The number of carbonyl (C=O) groups is 3. The Labute approximate surface area is 150 Å². The molecule has 2 amide bonds. The van der Waals surface area contributed by atoms with Gasteiger partial charge < -0.3 is 9.26 Å². The summed E-state index contributed by atoms with van der Waals surface area (Å²) in [7, 11) is 0. The Morgan fingerprint density at radius 1 is 1.23 bits per heavy atom. The molecule has 1 saturated heterocycles. The Balaban J connectivity index is 1.66. The highest BCUT2D eigenvalue weighted by molar-refractivity contribution is 6.19. The Morgan fingerprint density at radius 3 is 2.50 bits per heavy atom. The smallest absolute Gasteiger partial charge is 0.338 e. The lowest BCUT2D eigenvalue weighted by Crippen LogP contribution is -2.28. The molecule has 1 atom stereocenters. The minimum Gasteiger partial charge on any atom is -0.449 e. The maximum Gasteiger partial charge on any atom is 0.338 e. The van der Waals surface area contributed by atoms with E-state index in [9.17, 15) is 14.4 Å². The zero-order valence-electron chi connectivity index (χ0n) is 14.6. The number of hydrogen-bond acceptors (Lipinski definition) is 7. The van der Waals surface area contributed by atoms with E-state index in [2.05, 4.69) is 10.1 Å². The van der Waals surface area contributed by atoms with E-state index in [1.54, 1.807) is 19.1 Å². The molecule has 8 nitrogen and oxygen atoms in total. The van der Waals surface area contributed by atoms with Gasteiger partial charge in [-0.15, -0.1) is 0 Å². The van der Waals surface area contributed by atoms with E-state index in [4.69, 9.17) is 9.26 Å². The lowest BCUT2D eigenvalue weighted by molar-refractivity contribution is -0.121. The summed E-state index contributed by atoms with van der Waals surface area (Å²) in [5, 5.41) is 3.83. The van der Waals surface area contributed by atoms with Crippen molar-refractivity contribution in [1.82, 2.24) is 10.1 Å². The molecule has 1 aliphatic rings. The Bertz CT molecular complexity index is 812. The molecule has 1 aromatic heterocycles. The number of esters is 1. The zero-order valence-corrected chi connectivity index (χ0v) is 14.6. The predicted molar refractivity (Wildman–Crippen MR) is 90.3 cm³/mol. The van der Waals surface area contributed by atoms with E-state index in [0.717, 1.165) is 11.3 Å². The number of aryl methyl sites for hydroxylation is 1. The van der Waals surface area contributed by atoms with Crippen LogP contribution < -0.4 is 4.90 Å². The van der Waals surface area contributed by atoms with Gasteiger partial charge >= 0.3 is 5.97 Å². The summed E-state index contributed by atoms with van der Waals surface area (Å²) >= 11 is 0. The fourth-order valence-corrected chi connectivity index (χ4v) is 2.65. The van der Waals surface area contributed by atoms with E-state index in [1.165, 1.54) is 12.1 Å². The molecule has 1 aromatic carbocycles. The lowest BCUT2D eigenvalue weighted by atomic mass is 10.2. The largest absolute Gasteiger partial charge is 0.449 e. The second-order valence-corrected chi connectivity index (χ2v) is 6.02. The van der Waals surface area contributed by atoms with Gasteiger partial charge in [-0.1, -0.05) is 12.1 Å². The van der Waals surface area contributed by atoms with Gasteiger partial charge in [0.05, 0.1) is 11.3 Å². The van der Waals surface area contributed by atoms with E-state index in [1.807, 2.05) is 6.92 Å². The summed E-state index contributed by atoms with van der Waals surface area (Å²) in [6.07, 6.45) is 1.33. The number of rotatable bonds is 6. The quantitative estimate of drug-likeness (QED) is 0.578. The van der Waals surface area contributed by atoms with Crippen LogP contribution in [0.25, 0.3) is 0 Å². The maximum absolute atomic E-state index is 12.3. The van der Waals surface area contributed by atoms with E-state index in [0.29, 0.717) is 23.5 Å². The Kier molecular flexibility index (Phi) is 5.11. The molecule has 1 unspecified atom stereocenters. The van der Waals surface area contributed by atoms with Gasteiger partial charge in [0.2, 0.25) is 11.8 Å². The zero-order chi connectivity index (χ0) is 18.7. The van der Waals surface area contributed by atoms with Crippen LogP contribution in [-0.4, -0.2) is 27.9 Å². The van der Waals surface area contributed by atoms with Gasteiger partial charge in [-0.2, -0.15) is 4.98 Å². The summed E-state index contributed by atoms with van der Waals surface area (Å²) in [5.41, 5.74) is 0.746. The number of aromatic nitrogens is 2. The standard InChI is InChI=1S/C18H19N3O5/c1-3-4-14-19-17(26-20-14)11(2)25-18(24)12-5-7-13(8-6-12)21-15(22)9-10-16(21)23/h5-8,11H,3-4,9-10H2,1-2H3. The van der Waals surface area contributed by atoms with Gasteiger partial charge in [-0.05, 0) is 37.6 Å². The Morgan fingerprint density at radius 2 is 1.88 bits per heavy atom. The molecule has 0 saturated carbocycles. The summed E-state index contributed by atoms with van der Waals surface area (Å²) in [6, 6.07) is 6.13. The molecule has 2 heterocycles. The lowest BCUT2D eigenvalue weighted by Gasteiger charge is -2.14. The van der Waals surface area contributed by atoms with Crippen molar-refractivity contribution in [3.63, 3.8) is 0 Å². The first-order valence-corrected chi connectivity index (χ1v) is 8.49. The molecule has 0 N–H and O–H groups in total. The summed E-state index contributed by atoms with van der Waals surface area (Å²) in [5.74, 6) is -0.212. The first-order chi connectivity index (χ1) is 12.5. The summed E-state index contributed by atoms with van der Waals surface area (Å²) < 4.78 is 10.4. The van der Waals surface area contributed by atoms with Crippen LogP contribution in [0.5, 0.6) is 0 Å². The third-order valence-electron chi connectivity index (χ3n) is 4.00. The number of amides is 2. The number of carbonyl (C=O) groups excluding carboxylic acids is 3. The molecule has 0 bridgehead atoms. The molecule has 8 heteroatoms. The van der Waals surface area contributed by atoms with Gasteiger partial charge in [0.1, 0.15) is 0 Å². The topological polar surface area (TPSA) is 103 Å². The Hall–Kier alpha value is -3.03. The van der Waals surface area contributed by atoms with Crippen molar-refractivity contribution in [1.29, 1.82) is 0 Å². The molecule has 136 valence electrons. The van der Waals surface area contributed by atoms with Crippen LogP contribution in [0.1, 0.15) is 61.3 Å². The molecule has 1 fully saturated rings. The first kappa shape index (κ1) is 17.8. The molecule has 0 spiro atoms. The van der Waals surface area contributed by atoms with E-state index >= 15 is 0 Å². The summed E-state index contributed by atoms with van der Waals surface area (Å²) in [6.45, 7) is 3.66. The van der Waals surface area contributed by atoms with Gasteiger partial charge in [0, 0.05) is 19.3 Å². The molecule has 1 aliphatic heterocycles. The average molecular weight is 357 g/mol. The van der Waals surface area contributed by atoms with Crippen molar-refractivity contribution in [3.8, 4) is 0 Å². The van der Waals surface area contributed by atoms with E-state index in [-0.39, 0.29) is 30.5 Å². The van der Waals surface area contributed by atoms with Crippen molar-refractivity contribution >= 4 is 23.5 Å². The number of nitrogens with zero attached hydrogens (tertiary/aromatic N) is 3. The van der Waals surface area contributed by atoms with Crippen LogP contribution in [-0.2, 0) is 20.7 Å². The highest BCUT2D eigenvalue weighted by Crippen LogP contribution is 2.24. The van der Waals surface area contributed by atoms with Crippen molar-refractivity contribution in [2.45, 2.75) is 45.6 Å². The minimum absolute atomic E-state index is 0.213. The fraction of sp³-hybridized carbons (Fsp3) is 0.389. The van der Waals surface area contributed by atoms with Crippen molar-refractivity contribution < 1.29 is 23.6 Å². The van der Waals surface area contributed by atoms with Gasteiger partial charge in [0.15, 0.2) is 11.9 Å². The van der Waals surface area contributed by atoms with Gasteiger partial charge in [-0.25, -0.2) is 4.79 Å². The molecule has 0 radical (unpaired) electrons. The van der Waals surface area contributed by atoms with Gasteiger partial charge in [-0.3, -0.25) is 14.5 Å². The number of imide groups is 1. The van der Waals surface area contributed by atoms with Gasteiger partial charge in [0.25, 0.3) is 5.89 Å².